The van der Waals surface area contributed by atoms with Crippen molar-refractivity contribution in [2.45, 2.75) is 143 Å². The molecule has 5 aromatic rings. The van der Waals surface area contributed by atoms with Crippen LogP contribution in [0.5, 0.6) is 23.0 Å². The molecular weight excluding hydrogens is 837 g/mol. The molecule has 1 saturated heterocycles. The number of amides is 4. The Morgan fingerprint density at radius 3 is 1.33 bits per heavy atom. The minimum atomic E-state index is -0.816. The lowest BCUT2D eigenvalue weighted by molar-refractivity contribution is -0.123. The Balaban J connectivity index is 1.11. The van der Waals surface area contributed by atoms with Crippen molar-refractivity contribution in [2.24, 2.45) is 0 Å². The van der Waals surface area contributed by atoms with Crippen LogP contribution in [0.25, 0.3) is 39.1 Å². The van der Waals surface area contributed by atoms with Gasteiger partial charge in [0.05, 0.1) is 19.8 Å². The van der Waals surface area contributed by atoms with E-state index in [1.807, 2.05) is 36.4 Å². The van der Waals surface area contributed by atoms with E-state index in [0.29, 0.717) is 32.0 Å². The van der Waals surface area contributed by atoms with Gasteiger partial charge in [0.25, 0.3) is 11.8 Å². The van der Waals surface area contributed by atoms with Gasteiger partial charge in [-0.05, 0) is 106 Å². The number of benzene rings is 5. The number of barbiturate groups is 1. The zero-order valence-corrected chi connectivity index (χ0v) is 40.2. The van der Waals surface area contributed by atoms with Crippen LogP contribution in [0.3, 0.4) is 0 Å². The molecule has 9 nitrogen and oxygen atoms in total. The predicted molar refractivity (Wildman–Crippen MR) is 272 cm³/mol. The molecule has 0 unspecified atom stereocenters. The molecule has 6 rings (SSSR count). The summed E-state index contributed by atoms with van der Waals surface area (Å²) in [4.78, 5) is 35.7. The quantitative estimate of drug-likeness (QED) is 0.0268. The molecule has 0 atom stereocenters. The Bertz CT molecular complexity index is 2310. The van der Waals surface area contributed by atoms with Crippen LogP contribution in [0, 0.1) is 0 Å². The molecule has 1 aliphatic rings. The maximum absolute atomic E-state index is 12.2. The summed E-state index contributed by atoms with van der Waals surface area (Å²) >= 11 is 0. The first-order chi connectivity index (χ1) is 32.8. The van der Waals surface area contributed by atoms with Gasteiger partial charge in [0.15, 0.2) is 11.5 Å². The molecule has 0 aliphatic carbocycles. The monoisotopic (exact) mass is 909 g/mol. The molecule has 1 aliphatic heterocycles. The highest BCUT2D eigenvalue weighted by Gasteiger charge is 2.27. The highest BCUT2D eigenvalue weighted by atomic mass is 16.5. The molecule has 1 fully saturated rings. The van der Waals surface area contributed by atoms with Gasteiger partial charge in [-0.15, -0.1) is 0 Å². The molecule has 356 valence electrons. The summed E-state index contributed by atoms with van der Waals surface area (Å²) in [6.07, 6.45) is 23.1. The van der Waals surface area contributed by atoms with E-state index in [1.54, 1.807) is 0 Å². The molecule has 0 saturated carbocycles. The Hall–Kier alpha value is -6.09. The average Bonchev–Trinajstić information content (AvgIpc) is 3.34. The molecule has 5 aromatic carbocycles. The average molecular weight is 909 g/mol. The van der Waals surface area contributed by atoms with Gasteiger partial charge in [-0.1, -0.05) is 178 Å². The van der Waals surface area contributed by atoms with Crippen LogP contribution in [0.15, 0.2) is 103 Å². The number of fused-ring (bicyclic) bond motifs is 1. The molecule has 4 amide bonds. The van der Waals surface area contributed by atoms with E-state index in [-0.39, 0.29) is 5.57 Å². The van der Waals surface area contributed by atoms with Gasteiger partial charge in [0.1, 0.15) is 17.9 Å². The molecule has 0 radical (unpaired) electrons. The largest absolute Gasteiger partial charge is 0.490 e. The van der Waals surface area contributed by atoms with Gasteiger partial charge in [-0.25, -0.2) is 4.79 Å². The summed E-state index contributed by atoms with van der Waals surface area (Å²) < 4.78 is 26.0. The lowest BCUT2D eigenvalue weighted by atomic mass is 9.97. The zero-order valence-electron chi connectivity index (χ0n) is 40.2. The number of urea groups is 1. The number of hydrogen-bond acceptors (Lipinski definition) is 7. The van der Waals surface area contributed by atoms with Crippen LogP contribution in [0.1, 0.15) is 147 Å². The summed E-state index contributed by atoms with van der Waals surface area (Å²) in [6, 6.07) is 32.0. The molecular formula is C58H72N2O7. The minimum Gasteiger partial charge on any atom is -0.490 e. The van der Waals surface area contributed by atoms with Crippen LogP contribution >= 0.6 is 0 Å². The van der Waals surface area contributed by atoms with Crippen LogP contribution in [0.4, 0.5) is 4.79 Å². The lowest BCUT2D eigenvalue weighted by Crippen LogP contribution is -2.51. The molecule has 2 N–H and O–H groups in total. The van der Waals surface area contributed by atoms with Gasteiger partial charge < -0.3 is 18.9 Å². The van der Waals surface area contributed by atoms with Crippen LogP contribution in [-0.4, -0.2) is 37.7 Å². The van der Waals surface area contributed by atoms with Crippen molar-refractivity contribution in [3.63, 3.8) is 0 Å². The van der Waals surface area contributed by atoms with Crippen molar-refractivity contribution in [3.05, 3.63) is 114 Å². The van der Waals surface area contributed by atoms with E-state index in [2.05, 4.69) is 92.1 Å². The number of carbonyl (C=O) groups excluding carboxylic acids is 3. The van der Waals surface area contributed by atoms with Gasteiger partial charge in [0, 0.05) is 0 Å². The van der Waals surface area contributed by atoms with Gasteiger partial charge in [-0.2, -0.15) is 0 Å². The maximum atomic E-state index is 12.2. The molecule has 0 aromatic heterocycles. The van der Waals surface area contributed by atoms with Crippen molar-refractivity contribution in [3.8, 4) is 45.3 Å². The van der Waals surface area contributed by atoms with E-state index >= 15 is 0 Å². The third kappa shape index (κ3) is 16.0. The SMILES string of the molecule is CCCCCCCCOc1cc(COc2ccc(-c3ccc4cc(-c5ccc(C=C6C(=O)NC(=O)NC6=O)cc5)ccc4c3)cc2)cc(OCCCCCCCC)c1OCCCCCCCC. The second-order valence-electron chi connectivity index (χ2n) is 17.8. The Morgan fingerprint density at radius 1 is 0.433 bits per heavy atom. The van der Waals surface area contributed by atoms with Crippen LogP contribution in [-0.2, 0) is 16.2 Å². The summed E-state index contributed by atoms with van der Waals surface area (Å²) in [6.45, 7) is 9.05. The summed E-state index contributed by atoms with van der Waals surface area (Å²) in [5.41, 5.74) is 5.79. The third-order valence-electron chi connectivity index (χ3n) is 12.3. The highest BCUT2D eigenvalue weighted by molar-refractivity contribution is 6.31. The highest BCUT2D eigenvalue weighted by Crippen LogP contribution is 2.40. The number of unbranched alkanes of at least 4 members (excludes halogenated alkanes) is 15. The number of nitrogens with one attached hydrogen (secondary N) is 2. The van der Waals surface area contributed by atoms with Crippen molar-refractivity contribution in [1.29, 1.82) is 0 Å². The first-order valence-corrected chi connectivity index (χ1v) is 25.2. The third-order valence-corrected chi connectivity index (χ3v) is 12.3. The van der Waals surface area contributed by atoms with E-state index in [1.165, 1.54) is 83.1 Å². The van der Waals surface area contributed by atoms with Crippen molar-refractivity contribution >= 4 is 34.7 Å². The van der Waals surface area contributed by atoms with Gasteiger partial charge >= 0.3 is 6.03 Å². The fraction of sp³-hybridized carbons (Fsp3) is 0.431. The number of ether oxygens (including phenoxy) is 4. The number of hydrogen-bond donors (Lipinski definition) is 2. The Kier molecular flexibility index (Phi) is 20.7. The lowest BCUT2D eigenvalue weighted by Gasteiger charge is -2.19. The first-order valence-electron chi connectivity index (χ1n) is 25.2. The summed E-state index contributed by atoms with van der Waals surface area (Å²) in [5.74, 6) is 1.56. The smallest absolute Gasteiger partial charge is 0.328 e. The molecule has 0 spiro atoms. The summed E-state index contributed by atoms with van der Waals surface area (Å²) in [5, 5.41) is 6.43. The standard InChI is InChI=1S/C58H72N2O7/c1-4-7-10-13-16-19-34-64-53-38-44(39-54(65-35-20-17-14-11-8-5-2)55(53)66-36-21-18-15-12-9-6-3)42-67-51-32-30-46(31-33-51)48-27-29-49-40-47(26-28-50(49)41-48)45-24-22-43(23-25-45)37-52-56(61)59-58(63)60-57(52)62/h22-33,37-41H,4-21,34-36,42H2,1-3H3,(H2,59,60,61,62,63). The molecule has 0 bridgehead atoms. The normalized spacial score (nSPS) is 12.5. The predicted octanol–water partition coefficient (Wildman–Crippen LogP) is 14.7. The fourth-order valence-corrected chi connectivity index (χ4v) is 8.32. The number of rotatable bonds is 30. The first kappa shape index (κ1) is 50.3. The zero-order chi connectivity index (χ0) is 47.1. The fourth-order valence-electron chi connectivity index (χ4n) is 8.32. The van der Waals surface area contributed by atoms with E-state index in [0.717, 1.165) is 100 Å². The second kappa shape index (κ2) is 27.5. The molecule has 67 heavy (non-hydrogen) atoms. The van der Waals surface area contributed by atoms with Crippen molar-refractivity contribution < 1.29 is 33.3 Å². The number of carbonyl (C=O) groups is 3. The Labute approximate surface area is 399 Å². The number of imide groups is 2. The molecule has 9 heteroatoms. The van der Waals surface area contributed by atoms with Crippen LogP contribution < -0.4 is 29.6 Å². The van der Waals surface area contributed by atoms with Crippen molar-refractivity contribution in [2.75, 3.05) is 19.8 Å². The van der Waals surface area contributed by atoms with Gasteiger partial charge in [-0.3, -0.25) is 20.2 Å². The molecule has 1 heterocycles. The van der Waals surface area contributed by atoms with Gasteiger partial charge in [0.2, 0.25) is 5.75 Å². The maximum Gasteiger partial charge on any atom is 0.328 e. The van der Waals surface area contributed by atoms with Crippen molar-refractivity contribution in [1.82, 2.24) is 10.6 Å². The van der Waals surface area contributed by atoms with E-state index < -0.39 is 17.8 Å². The second-order valence-corrected chi connectivity index (χ2v) is 17.8. The minimum absolute atomic E-state index is 0.113. The van der Waals surface area contributed by atoms with E-state index in [4.69, 9.17) is 18.9 Å². The van der Waals surface area contributed by atoms with E-state index in [9.17, 15) is 14.4 Å². The van der Waals surface area contributed by atoms with Crippen LogP contribution in [0.2, 0.25) is 0 Å². The topological polar surface area (TPSA) is 112 Å². The summed E-state index contributed by atoms with van der Waals surface area (Å²) in [7, 11) is 0. The Morgan fingerprint density at radius 2 is 0.851 bits per heavy atom.